The van der Waals surface area contributed by atoms with Gasteiger partial charge in [0.2, 0.25) is 0 Å². The third kappa shape index (κ3) is 9.26. The fourth-order valence-corrected chi connectivity index (χ4v) is 8.95. The monoisotopic (exact) mass is 531 g/mol. The molecule has 3 rings (SSSR count). The number of ether oxygens (including phenoxy) is 1. The molecule has 0 atom stereocenters. The Labute approximate surface area is 238 Å². The highest BCUT2D eigenvalue weighted by Gasteiger charge is 2.57. The summed E-state index contributed by atoms with van der Waals surface area (Å²) in [6.45, 7) is 5.24. The van der Waals surface area contributed by atoms with Crippen LogP contribution in [0.5, 0.6) is 0 Å². The molecule has 0 saturated heterocycles. The van der Waals surface area contributed by atoms with Crippen LogP contribution in [0, 0.1) is 22.7 Å². The van der Waals surface area contributed by atoms with Crippen molar-refractivity contribution in [2.75, 3.05) is 6.61 Å². The molecule has 2 nitrogen and oxygen atoms in total. The minimum Gasteiger partial charge on any atom is -0.465 e. The van der Waals surface area contributed by atoms with Gasteiger partial charge in [-0.15, -0.1) is 0 Å². The molecule has 0 bridgehead atoms. The van der Waals surface area contributed by atoms with E-state index in [1.807, 2.05) is 0 Å². The number of carbonyl (C=O) groups excluding carboxylic acids is 1. The van der Waals surface area contributed by atoms with Crippen molar-refractivity contribution in [2.24, 2.45) is 22.7 Å². The van der Waals surface area contributed by atoms with E-state index in [9.17, 15) is 4.79 Å². The third-order valence-corrected chi connectivity index (χ3v) is 11.4. The van der Waals surface area contributed by atoms with Gasteiger partial charge in [0.1, 0.15) is 0 Å². The summed E-state index contributed by atoms with van der Waals surface area (Å²) >= 11 is 0. The SMILES string of the molecule is CCCCCCCCC[C@]1(C2(C(=O)OCCCCCCCC)CCCCC2)CC[C@@H](C2CCCCC2)CC1. The van der Waals surface area contributed by atoms with Crippen LogP contribution in [-0.4, -0.2) is 12.6 Å². The van der Waals surface area contributed by atoms with E-state index >= 15 is 0 Å². The van der Waals surface area contributed by atoms with Gasteiger partial charge in [-0.3, -0.25) is 4.79 Å². The molecule has 38 heavy (non-hydrogen) atoms. The molecule has 0 amide bonds. The highest BCUT2D eigenvalue weighted by atomic mass is 16.5. The Bertz CT molecular complexity index is 605. The Morgan fingerprint density at radius 3 is 1.68 bits per heavy atom. The van der Waals surface area contributed by atoms with Gasteiger partial charge in [-0.25, -0.2) is 0 Å². The van der Waals surface area contributed by atoms with Crippen LogP contribution in [0.1, 0.15) is 194 Å². The van der Waals surface area contributed by atoms with Crippen LogP contribution in [0.3, 0.4) is 0 Å². The molecule has 222 valence electrons. The molecule has 3 aliphatic carbocycles. The quantitative estimate of drug-likeness (QED) is 0.130. The summed E-state index contributed by atoms with van der Waals surface area (Å²) < 4.78 is 6.25. The predicted octanol–water partition coefficient (Wildman–Crippen LogP) is 11.7. The zero-order chi connectivity index (χ0) is 26.9. The second-order valence-electron chi connectivity index (χ2n) is 13.9. The van der Waals surface area contributed by atoms with Crippen LogP contribution in [0.25, 0.3) is 0 Å². The van der Waals surface area contributed by atoms with Gasteiger partial charge in [0.05, 0.1) is 12.0 Å². The first kappa shape index (κ1) is 32.0. The van der Waals surface area contributed by atoms with Gasteiger partial charge in [0, 0.05) is 0 Å². The normalized spacial score (nSPS) is 26.3. The third-order valence-electron chi connectivity index (χ3n) is 11.4. The van der Waals surface area contributed by atoms with E-state index in [4.69, 9.17) is 4.74 Å². The molecule has 0 radical (unpaired) electrons. The number of unbranched alkanes of at least 4 members (excludes halogenated alkanes) is 11. The van der Waals surface area contributed by atoms with Gasteiger partial charge in [-0.05, 0) is 68.6 Å². The summed E-state index contributed by atoms with van der Waals surface area (Å²) in [5.41, 5.74) is 0.0213. The highest BCUT2D eigenvalue weighted by Crippen LogP contribution is 2.61. The smallest absolute Gasteiger partial charge is 0.312 e. The standard InChI is InChI=1S/C36H66O2/c1-3-5-7-9-11-12-18-26-35(29-24-33(25-30-35)32-22-16-14-17-23-32)36(27-19-15-20-28-36)34(37)38-31-21-13-10-8-6-4-2/h32-33H,3-31H2,1-2H3/t33-,35+. The van der Waals surface area contributed by atoms with Crippen LogP contribution in [0.15, 0.2) is 0 Å². The lowest BCUT2D eigenvalue weighted by molar-refractivity contribution is -0.175. The molecule has 3 saturated carbocycles. The largest absolute Gasteiger partial charge is 0.465 e. The Morgan fingerprint density at radius 2 is 1.08 bits per heavy atom. The number of hydrogen-bond acceptors (Lipinski definition) is 2. The van der Waals surface area contributed by atoms with Crippen LogP contribution in [0.2, 0.25) is 0 Å². The lowest BCUT2D eigenvalue weighted by atomic mass is 9.49. The van der Waals surface area contributed by atoms with Crippen molar-refractivity contribution in [2.45, 2.75) is 194 Å². The summed E-state index contributed by atoms with van der Waals surface area (Å²) in [5, 5.41) is 0. The van der Waals surface area contributed by atoms with Crippen LogP contribution in [0.4, 0.5) is 0 Å². The van der Waals surface area contributed by atoms with E-state index in [0.717, 1.165) is 31.1 Å². The molecule has 0 aliphatic heterocycles. The van der Waals surface area contributed by atoms with E-state index in [1.165, 1.54) is 161 Å². The van der Waals surface area contributed by atoms with E-state index in [0.29, 0.717) is 6.61 Å². The fraction of sp³-hybridized carbons (Fsp3) is 0.972. The maximum Gasteiger partial charge on any atom is 0.312 e. The molecule has 0 aromatic rings. The number of rotatable bonds is 18. The maximum absolute atomic E-state index is 14.1. The Balaban J connectivity index is 1.64. The van der Waals surface area contributed by atoms with Crippen molar-refractivity contribution in [1.82, 2.24) is 0 Å². The van der Waals surface area contributed by atoms with Crippen LogP contribution < -0.4 is 0 Å². The maximum atomic E-state index is 14.1. The number of carbonyl (C=O) groups is 1. The van der Waals surface area contributed by atoms with Crippen LogP contribution >= 0.6 is 0 Å². The second kappa shape index (κ2) is 18.0. The van der Waals surface area contributed by atoms with Gasteiger partial charge in [0.25, 0.3) is 0 Å². The van der Waals surface area contributed by atoms with Crippen molar-refractivity contribution in [3.63, 3.8) is 0 Å². The summed E-state index contributed by atoms with van der Waals surface area (Å²) in [7, 11) is 0. The zero-order valence-electron chi connectivity index (χ0n) is 26.0. The summed E-state index contributed by atoms with van der Waals surface area (Å²) in [6, 6.07) is 0. The van der Waals surface area contributed by atoms with E-state index in [-0.39, 0.29) is 16.8 Å². The first-order valence-electron chi connectivity index (χ1n) is 17.8. The number of hydrogen-bond donors (Lipinski definition) is 0. The lowest BCUT2D eigenvalue weighted by Gasteiger charge is -2.55. The molecular formula is C36H66O2. The van der Waals surface area contributed by atoms with Crippen molar-refractivity contribution < 1.29 is 9.53 Å². The predicted molar refractivity (Wildman–Crippen MR) is 163 cm³/mol. The molecule has 0 aromatic heterocycles. The second-order valence-corrected chi connectivity index (χ2v) is 13.9. The van der Waals surface area contributed by atoms with Crippen molar-refractivity contribution >= 4 is 5.97 Å². The van der Waals surface area contributed by atoms with Crippen molar-refractivity contribution in [1.29, 1.82) is 0 Å². The topological polar surface area (TPSA) is 26.3 Å². The minimum atomic E-state index is -0.187. The molecular weight excluding hydrogens is 464 g/mol. The molecule has 0 spiro atoms. The van der Waals surface area contributed by atoms with Gasteiger partial charge in [-0.2, -0.15) is 0 Å². The first-order chi connectivity index (χ1) is 18.7. The average molecular weight is 531 g/mol. The summed E-state index contributed by atoms with van der Waals surface area (Å²) in [4.78, 5) is 14.1. The average Bonchev–Trinajstić information content (AvgIpc) is 2.97. The molecule has 2 heteroatoms. The minimum absolute atomic E-state index is 0.187. The molecule has 0 heterocycles. The molecule has 3 fully saturated rings. The fourth-order valence-electron chi connectivity index (χ4n) is 8.95. The van der Waals surface area contributed by atoms with Crippen molar-refractivity contribution in [3.8, 4) is 0 Å². The number of esters is 1. The van der Waals surface area contributed by atoms with Gasteiger partial charge >= 0.3 is 5.97 Å². The molecule has 0 N–H and O–H groups in total. The highest BCUT2D eigenvalue weighted by molar-refractivity contribution is 5.78. The molecule has 0 aromatic carbocycles. The summed E-state index contributed by atoms with van der Waals surface area (Å²) in [6.07, 6.45) is 37.1. The van der Waals surface area contributed by atoms with E-state index < -0.39 is 0 Å². The Kier molecular flexibility index (Phi) is 15.2. The first-order valence-corrected chi connectivity index (χ1v) is 17.8. The Morgan fingerprint density at radius 1 is 0.579 bits per heavy atom. The molecule has 3 aliphatic rings. The van der Waals surface area contributed by atoms with E-state index in [2.05, 4.69) is 13.8 Å². The van der Waals surface area contributed by atoms with Crippen LogP contribution in [-0.2, 0) is 9.53 Å². The van der Waals surface area contributed by atoms with Gasteiger partial charge in [0.15, 0.2) is 0 Å². The van der Waals surface area contributed by atoms with Gasteiger partial charge < -0.3 is 4.74 Å². The van der Waals surface area contributed by atoms with Crippen molar-refractivity contribution in [3.05, 3.63) is 0 Å². The molecule has 0 unspecified atom stereocenters. The van der Waals surface area contributed by atoms with E-state index in [1.54, 1.807) is 0 Å². The van der Waals surface area contributed by atoms with Gasteiger partial charge in [-0.1, -0.05) is 142 Å². The summed E-state index contributed by atoms with van der Waals surface area (Å²) in [5.74, 6) is 2.13. The Hall–Kier alpha value is -0.530. The zero-order valence-corrected chi connectivity index (χ0v) is 26.0. The lowest BCUT2D eigenvalue weighted by Crippen LogP contribution is -2.52.